The van der Waals surface area contributed by atoms with E-state index in [1.54, 1.807) is 26.0 Å². The summed E-state index contributed by atoms with van der Waals surface area (Å²) in [5, 5.41) is 14.7. The standard InChI is InChI=1S/C32H37N3O4S/c1-32(2,37)30(23-12-8-5-9-13-23)33-31(36)24-14-17-26(18-15-24)34-40(38,39)27-19-16-25-20-28(35(3)29(25)21-27)22-10-6-4-7-11-22/h4-13,16,19-21,24,26,30,34,37H,14-15,17-18H2,1-3H3,(H,33,36)/t24?,26?,30-/m0/s1. The number of carbonyl (C=O) groups excluding carboxylic acids is 1. The number of rotatable bonds is 8. The van der Waals surface area contributed by atoms with Crippen LogP contribution in [0.2, 0.25) is 0 Å². The number of hydrogen-bond donors (Lipinski definition) is 3. The van der Waals surface area contributed by atoms with Crippen LogP contribution in [0.3, 0.4) is 0 Å². The van der Waals surface area contributed by atoms with Crippen molar-refractivity contribution in [3.05, 3.63) is 90.5 Å². The molecule has 3 aromatic carbocycles. The van der Waals surface area contributed by atoms with E-state index < -0.39 is 21.7 Å². The molecule has 3 N–H and O–H groups in total. The fraction of sp³-hybridized carbons (Fsp3) is 0.344. The predicted molar refractivity (Wildman–Crippen MR) is 158 cm³/mol. The van der Waals surface area contributed by atoms with Crippen molar-refractivity contribution in [2.75, 3.05) is 0 Å². The number of aryl methyl sites for hydroxylation is 1. The van der Waals surface area contributed by atoms with Crippen molar-refractivity contribution in [1.29, 1.82) is 0 Å². The highest BCUT2D eigenvalue weighted by Gasteiger charge is 2.34. The van der Waals surface area contributed by atoms with E-state index >= 15 is 0 Å². The third kappa shape index (κ3) is 5.99. The zero-order valence-corrected chi connectivity index (χ0v) is 24.0. The molecule has 0 saturated heterocycles. The maximum atomic E-state index is 13.3. The van der Waals surface area contributed by atoms with Gasteiger partial charge in [-0.15, -0.1) is 0 Å². The number of sulfonamides is 1. The van der Waals surface area contributed by atoms with Crippen molar-refractivity contribution in [2.45, 2.75) is 62.1 Å². The van der Waals surface area contributed by atoms with Crippen LogP contribution < -0.4 is 10.0 Å². The summed E-state index contributed by atoms with van der Waals surface area (Å²) >= 11 is 0. The van der Waals surface area contributed by atoms with Gasteiger partial charge in [0, 0.05) is 35.6 Å². The third-order valence-electron chi connectivity index (χ3n) is 7.94. The molecule has 0 unspecified atom stereocenters. The van der Waals surface area contributed by atoms with Crippen LogP contribution in [0.25, 0.3) is 22.2 Å². The summed E-state index contributed by atoms with van der Waals surface area (Å²) in [6.07, 6.45) is 2.29. The van der Waals surface area contributed by atoms with Gasteiger partial charge in [0.25, 0.3) is 0 Å². The summed E-state index contributed by atoms with van der Waals surface area (Å²) in [7, 11) is -1.79. The molecule has 210 valence electrons. The summed E-state index contributed by atoms with van der Waals surface area (Å²) in [5.41, 5.74) is 2.65. The van der Waals surface area contributed by atoms with Crippen LogP contribution in [-0.4, -0.2) is 35.6 Å². The zero-order chi connectivity index (χ0) is 28.5. The van der Waals surface area contributed by atoms with Crippen molar-refractivity contribution in [1.82, 2.24) is 14.6 Å². The summed E-state index contributed by atoms with van der Waals surface area (Å²) in [6.45, 7) is 3.37. The average molecular weight is 560 g/mol. The molecule has 4 aromatic rings. The highest BCUT2D eigenvalue weighted by Crippen LogP contribution is 2.31. The quantitative estimate of drug-likeness (QED) is 0.272. The van der Waals surface area contributed by atoms with Crippen LogP contribution in [0.15, 0.2) is 89.8 Å². The second-order valence-corrected chi connectivity index (χ2v) is 13.1. The highest BCUT2D eigenvalue weighted by molar-refractivity contribution is 7.89. The van der Waals surface area contributed by atoms with Gasteiger partial charge in [-0.2, -0.15) is 0 Å². The number of aromatic nitrogens is 1. The molecule has 1 aliphatic rings. The van der Waals surface area contributed by atoms with Gasteiger partial charge in [0.2, 0.25) is 15.9 Å². The van der Waals surface area contributed by atoms with E-state index in [4.69, 9.17) is 0 Å². The molecule has 0 spiro atoms. The minimum absolute atomic E-state index is 0.110. The number of amides is 1. The molecule has 0 bridgehead atoms. The fourth-order valence-corrected chi connectivity index (χ4v) is 7.02. The van der Waals surface area contributed by atoms with E-state index in [1.807, 2.05) is 78.3 Å². The third-order valence-corrected chi connectivity index (χ3v) is 9.46. The van der Waals surface area contributed by atoms with Crippen LogP contribution in [0, 0.1) is 5.92 Å². The van der Waals surface area contributed by atoms with Crippen molar-refractivity contribution in [2.24, 2.45) is 13.0 Å². The highest BCUT2D eigenvalue weighted by atomic mass is 32.2. The summed E-state index contributed by atoms with van der Waals surface area (Å²) < 4.78 is 31.6. The lowest BCUT2D eigenvalue weighted by Gasteiger charge is -2.34. The van der Waals surface area contributed by atoms with Crippen LogP contribution in [0.5, 0.6) is 0 Å². The molecule has 1 aromatic heterocycles. The summed E-state index contributed by atoms with van der Waals surface area (Å²) in [5.74, 6) is -0.342. The Labute approximate surface area is 236 Å². The maximum Gasteiger partial charge on any atom is 0.240 e. The molecule has 1 heterocycles. The number of aliphatic hydroxyl groups is 1. The lowest BCUT2D eigenvalue weighted by Crippen LogP contribution is -2.46. The molecule has 1 atom stereocenters. The van der Waals surface area contributed by atoms with Crippen molar-refractivity contribution in [3.8, 4) is 11.3 Å². The molecular weight excluding hydrogens is 522 g/mol. The van der Waals surface area contributed by atoms with Crippen molar-refractivity contribution in [3.63, 3.8) is 0 Å². The zero-order valence-electron chi connectivity index (χ0n) is 23.2. The van der Waals surface area contributed by atoms with Crippen LogP contribution in [-0.2, 0) is 21.9 Å². The van der Waals surface area contributed by atoms with E-state index in [2.05, 4.69) is 16.1 Å². The largest absolute Gasteiger partial charge is 0.388 e. The van der Waals surface area contributed by atoms with Crippen molar-refractivity contribution >= 4 is 26.8 Å². The molecule has 1 aliphatic carbocycles. The number of fused-ring (bicyclic) bond motifs is 1. The van der Waals surface area contributed by atoms with Crippen molar-refractivity contribution < 1.29 is 18.3 Å². The van der Waals surface area contributed by atoms with E-state index in [0.717, 1.165) is 27.7 Å². The first-order chi connectivity index (χ1) is 19.0. The second kappa shape index (κ2) is 11.2. The van der Waals surface area contributed by atoms with Gasteiger partial charge >= 0.3 is 0 Å². The number of hydrogen-bond acceptors (Lipinski definition) is 4. The van der Waals surface area contributed by atoms with Gasteiger partial charge in [-0.1, -0.05) is 66.7 Å². The van der Waals surface area contributed by atoms with Gasteiger partial charge < -0.3 is 15.0 Å². The molecule has 1 amide bonds. The minimum atomic E-state index is -3.73. The normalized spacial score (nSPS) is 18.9. The van der Waals surface area contributed by atoms with Gasteiger partial charge in [-0.3, -0.25) is 4.79 Å². The van der Waals surface area contributed by atoms with E-state index in [-0.39, 0.29) is 22.8 Å². The Morgan fingerprint density at radius 2 is 1.55 bits per heavy atom. The first-order valence-electron chi connectivity index (χ1n) is 13.8. The lowest BCUT2D eigenvalue weighted by molar-refractivity contribution is -0.128. The molecule has 0 radical (unpaired) electrons. The topological polar surface area (TPSA) is 100 Å². The Morgan fingerprint density at radius 3 is 2.17 bits per heavy atom. The van der Waals surface area contributed by atoms with E-state index in [0.29, 0.717) is 25.7 Å². The lowest BCUT2D eigenvalue weighted by atomic mass is 9.84. The Bertz CT molecular complexity index is 1580. The minimum Gasteiger partial charge on any atom is -0.388 e. The molecular formula is C32H37N3O4S. The summed E-state index contributed by atoms with van der Waals surface area (Å²) in [4.78, 5) is 13.4. The molecule has 1 saturated carbocycles. The van der Waals surface area contributed by atoms with Gasteiger partial charge in [0.05, 0.1) is 16.5 Å². The van der Waals surface area contributed by atoms with Crippen LogP contribution >= 0.6 is 0 Å². The fourth-order valence-electron chi connectivity index (χ4n) is 5.70. The van der Waals surface area contributed by atoms with Gasteiger partial charge in [-0.25, -0.2) is 13.1 Å². The molecule has 40 heavy (non-hydrogen) atoms. The second-order valence-electron chi connectivity index (χ2n) is 11.4. The first kappa shape index (κ1) is 28.1. The predicted octanol–water partition coefficient (Wildman–Crippen LogP) is 5.31. The molecule has 7 nitrogen and oxygen atoms in total. The van der Waals surface area contributed by atoms with Crippen LogP contribution in [0.4, 0.5) is 0 Å². The Morgan fingerprint density at radius 1 is 0.925 bits per heavy atom. The molecule has 1 fully saturated rings. The van der Waals surface area contributed by atoms with Gasteiger partial charge in [0.15, 0.2) is 0 Å². The smallest absolute Gasteiger partial charge is 0.240 e. The van der Waals surface area contributed by atoms with Gasteiger partial charge in [-0.05, 0) is 68.9 Å². The van der Waals surface area contributed by atoms with E-state index in [9.17, 15) is 18.3 Å². The Balaban J connectivity index is 1.24. The summed E-state index contributed by atoms with van der Waals surface area (Å²) in [6, 6.07) is 26.0. The first-order valence-corrected chi connectivity index (χ1v) is 15.3. The number of nitrogens with one attached hydrogen (secondary N) is 2. The van der Waals surface area contributed by atoms with Gasteiger partial charge in [0.1, 0.15) is 0 Å². The maximum absolute atomic E-state index is 13.3. The number of benzene rings is 3. The average Bonchev–Trinajstić information content (AvgIpc) is 3.28. The van der Waals surface area contributed by atoms with Crippen LogP contribution in [0.1, 0.15) is 51.1 Å². The molecule has 8 heteroatoms. The number of carbonyl (C=O) groups is 1. The van der Waals surface area contributed by atoms with E-state index in [1.165, 1.54) is 0 Å². The number of nitrogens with zero attached hydrogens (tertiary/aromatic N) is 1. The Kier molecular flexibility index (Phi) is 7.86. The molecule has 0 aliphatic heterocycles. The monoisotopic (exact) mass is 559 g/mol. The Hall–Kier alpha value is -3.46. The molecule has 5 rings (SSSR count). The SMILES string of the molecule is Cn1c(-c2ccccc2)cc2ccc(S(=O)(=O)NC3CCC(C(=O)N[C@@H](c4ccccc4)C(C)(C)O)CC3)cc21.